The minimum Gasteiger partial charge on any atom is -0.497 e. The number of methoxy groups -OCH3 is 1. The van der Waals surface area contributed by atoms with Crippen molar-refractivity contribution in [2.24, 2.45) is 0 Å². The Bertz CT molecular complexity index is 510. The van der Waals surface area contributed by atoms with Gasteiger partial charge in [0, 0.05) is 6.54 Å². The van der Waals surface area contributed by atoms with Gasteiger partial charge in [-0.1, -0.05) is 24.2 Å². The third kappa shape index (κ3) is 4.24. The number of ether oxygens (including phenoxy) is 1. The minimum absolute atomic E-state index is 0.464. The summed E-state index contributed by atoms with van der Waals surface area (Å²) in [5.74, 6) is 1.46. The molecule has 1 heterocycles. The van der Waals surface area contributed by atoms with Crippen molar-refractivity contribution in [2.45, 2.75) is 19.9 Å². The molecule has 0 spiro atoms. The lowest BCUT2D eigenvalue weighted by atomic mass is 10.1. The van der Waals surface area contributed by atoms with Crippen molar-refractivity contribution >= 4 is 6.01 Å². The second-order valence-corrected chi connectivity index (χ2v) is 4.31. The van der Waals surface area contributed by atoms with Crippen LogP contribution in [0.15, 0.2) is 28.7 Å². The molecule has 2 aromatic rings. The lowest BCUT2D eigenvalue weighted by Gasteiger charge is -2.03. The van der Waals surface area contributed by atoms with E-state index in [0.717, 1.165) is 25.3 Å². The van der Waals surface area contributed by atoms with Gasteiger partial charge in [0.1, 0.15) is 5.75 Å². The Morgan fingerprint density at radius 1 is 1.20 bits per heavy atom. The third-order valence-electron chi connectivity index (χ3n) is 2.84. The molecule has 2 N–H and O–H groups in total. The van der Waals surface area contributed by atoms with E-state index in [-0.39, 0.29) is 0 Å². The van der Waals surface area contributed by atoms with Crippen LogP contribution in [0.1, 0.15) is 18.4 Å². The number of anilines is 1. The van der Waals surface area contributed by atoms with E-state index in [0.29, 0.717) is 18.5 Å². The van der Waals surface area contributed by atoms with E-state index in [1.165, 1.54) is 5.56 Å². The van der Waals surface area contributed by atoms with Crippen molar-refractivity contribution in [3.05, 3.63) is 35.7 Å². The summed E-state index contributed by atoms with van der Waals surface area (Å²) >= 11 is 0. The highest BCUT2D eigenvalue weighted by molar-refractivity contribution is 5.28. The van der Waals surface area contributed by atoms with E-state index in [1.807, 2.05) is 31.2 Å². The molecule has 0 aliphatic rings. The van der Waals surface area contributed by atoms with Crippen molar-refractivity contribution in [3.8, 4) is 5.75 Å². The second kappa shape index (κ2) is 7.49. The maximum Gasteiger partial charge on any atom is 0.315 e. The van der Waals surface area contributed by atoms with Crippen molar-refractivity contribution in [3.63, 3.8) is 0 Å². The molecule has 0 aliphatic heterocycles. The standard InChI is InChI=1S/C14H20N4O2/c1-3-15-10-13-17-18-14(20-13)16-9-8-11-4-6-12(19-2)7-5-11/h4-7,15H,3,8-10H2,1-2H3,(H,16,18). The summed E-state index contributed by atoms with van der Waals surface area (Å²) in [7, 11) is 1.66. The molecule has 108 valence electrons. The molecule has 0 amide bonds. The maximum atomic E-state index is 5.44. The van der Waals surface area contributed by atoms with Gasteiger partial charge in [-0.3, -0.25) is 0 Å². The van der Waals surface area contributed by atoms with E-state index < -0.39 is 0 Å². The lowest BCUT2D eigenvalue weighted by molar-refractivity contribution is 0.414. The van der Waals surface area contributed by atoms with E-state index in [4.69, 9.17) is 9.15 Å². The summed E-state index contributed by atoms with van der Waals surface area (Å²) < 4.78 is 10.6. The highest BCUT2D eigenvalue weighted by Gasteiger charge is 2.04. The van der Waals surface area contributed by atoms with Gasteiger partial charge in [0.25, 0.3) is 0 Å². The zero-order valence-corrected chi connectivity index (χ0v) is 11.8. The Kier molecular flexibility index (Phi) is 5.37. The van der Waals surface area contributed by atoms with Crippen molar-refractivity contribution in [1.29, 1.82) is 0 Å². The molecule has 6 nitrogen and oxygen atoms in total. The van der Waals surface area contributed by atoms with Crippen LogP contribution >= 0.6 is 0 Å². The van der Waals surface area contributed by atoms with Crippen LogP contribution in [0.5, 0.6) is 5.75 Å². The van der Waals surface area contributed by atoms with Crippen molar-refractivity contribution in [2.75, 3.05) is 25.5 Å². The molecule has 1 aromatic carbocycles. The average Bonchev–Trinajstić information content (AvgIpc) is 2.94. The Morgan fingerprint density at radius 3 is 2.70 bits per heavy atom. The largest absolute Gasteiger partial charge is 0.497 e. The number of hydrogen-bond donors (Lipinski definition) is 2. The molecule has 0 atom stereocenters. The van der Waals surface area contributed by atoms with Crippen LogP contribution in [-0.2, 0) is 13.0 Å². The fourth-order valence-corrected chi connectivity index (χ4v) is 1.73. The van der Waals surface area contributed by atoms with E-state index in [9.17, 15) is 0 Å². The summed E-state index contributed by atoms with van der Waals surface area (Å²) in [6.07, 6.45) is 0.884. The quantitative estimate of drug-likeness (QED) is 0.766. The highest BCUT2D eigenvalue weighted by Crippen LogP contribution is 2.12. The van der Waals surface area contributed by atoms with Gasteiger partial charge < -0.3 is 19.8 Å². The molecule has 0 radical (unpaired) electrons. The summed E-state index contributed by atoms with van der Waals surface area (Å²) in [6, 6.07) is 8.47. The Labute approximate surface area is 118 Å². The molecular weight excluding hydrogens is 256 g/mol. The zero-order chi connectivity index (χ0) is 14.2. The Hall–Kier alpha value is -2.08. The number of nitrogens with one attached hydrogen (secondary N) is 2. The number of aromatic nitrogens is 2. The van der Waals surface area contributed by atoms with Gasteiger partial charge in [-0.25, -0.2) is 0 Å². The first-order chi connectivity index (χ1) is 9.81. The topological polar surface area (TPSA) is 72.2 Å². The molecule has 2 rings (SSSR count). The van der Waals surface area contributed by atoms with Crippen LogP contribution in [0.4, 0.5) is 6.01 Å². The first kappa shape index (κ1) is 14.3. The Balaban J connectivity index is 1.75. The van der Waals surface area contributed by atoms with Crippen LogP contribution in [0.3, 0.4) is 0 Å². The maximum absolute atomic E-state index is 5.44. The van der Waals surface area contributed by atoms with Crippen LogP contribution in [0.25, 0.3) is 0 Å². The molecular formula is C14H20N4O2. The molecule has 0 aliphatic carbocycles. The van der Waals surface area contributed by atoms with Crippen LogP contribution in [0, 0.1) is 0 Å². The van der Waals surface area contributed by atoms with Crippen molar-refractivity contribution in [1.82, 2.24) is 15.5 Å². The fraction of sp³-hybridized carbons (Fsp3) is 0.429. The molecule has 0 bridgehead atoms. The monoisotopic (exact) mass is 276 g/mol. The minimum atomic E-state index is 0.464. The fourth-order valence-electron chi connectivity index (χ4n) is 1.73. The van der Waals surface area contributed by atoms with Gasteiger partial charge in [-0.2, -0.15) is 0 Å². The zero-order valence-electron chi connectivity index (χ0n) is 11.8. The van der Waals surface area contributed by atoms with Gasteiger partial charge >= 0.3 is 6.01 Å². The number of nitrogens with zero attached hydrogens (tertiary/aromatic N) is 2. The number of hydrogen-bond acceptors (Lipinski definition) is 6. The first-order valence-electron chi connectivity index (χ1n) is 6.71. The SMILES string of the molecule is CCNCc1nnc(NCCc2ccc(OC)cc2)o1. The van der Waals surface area contributed by atoms with E-state index in [1.54, 1.807) is 7.11 Å². The first-order valence-corrected chi connectivity index (χ1v) is 6.71. The third-order valence-corrected chi connectivity index (χ3v) is 2.84. The summed E-state index contributed by atoms with van der Waals surface area (Å²) in [6.45, 7) is 4.26. The predicted molar refractivity (Wildman–Crippen MR) is 76.9 cm³/mol. The van der Waals surface area contributed by atoms with Gasteiger partial charge in [0.15, 0.2) is 0 Å². The lowest BCUT2D eigenvalue weighted by Crippen LogP contribution is -2.11. The molecule has 0 unspecified atom stereocenters. The second-order valence-electron chi connectivity index (χ2n) is 4.31. The number of benzene rings is 1. The molecule has 0 fully saturated rings. The van der Waals surface area contributed by atoms with E-state index >= 15 is 0 Å². The van der Waals surface area contributed by atoms with Crippen molar-refractivity contribution < 1.29 is 9.15 Å². The number of rotatable bonds is 8. The summed E-state index contributed by atoms with van der Waals surface area (Å²) in [5.41, 5.74) is 1.23. The predicted octanol–water partition coefficient (Wildman–Crippen LogP) is 1.84. The molecule has 20 heavy (non-hydrogen) atoms. The van der Waals surface area contributed by atoms with Gasteiger partial charge in [-0.15, -0.1) is 5.10 Å². The van der Waals surface area contributed by atoms with Gasteiger partial charge in [-0.05, 0) is 30.7 Å². The highest BCUT2D eigenvalue weighted by atomic mass is 16.5. The van der Waals surface area contributed by atoms with Crippen LogP contribution < -0.4 is 15.4 Å². The van der Waals surface area contributed by atoms with E-state index in [2.05, 4.69) is 20.8 Å². The normalized spacial score (nSPS) is 10.5. The molecule has 6 heteroatoms. The molecule has 0 saturated heterocycles. The summed E-state index contributed by atoms with van der Waals surface area (Å²) in [5, 5.41) is 14.1. The van der Waals surface area contributed by atoms with Crippen LogP contribution in [-0.4, -0.2) is 30.4 Å². The van der Waals surface area contributed by atoms with Gasteiger partial charge in [0.2, 0.25) is 5.89 Å². The smallest absolute Gasteiger partial charge is 0.315 e. The Morgan fingerprint density at radius 2 is 2.00 bits per heavy atom. The van der Waals surface area contributed by atoms with Gasteiger partial charge in [0.05, 0.1) is 13.7 Å². The van der Waals surface area contributed by atoms with Crippen LogP contribution in [0.2, 0.25) is 0 Å². The molecule has 1 aromatic heterocycles. The summed E-state index contributed by atoms with van der Waals surface area (Å²) in [4.78, 5) is 0. The average molecular weight is 276 g/mol. The molecule has 0 saturated carbocycles.